The standard InChI is InChI=1S/C17H20BrN/c1-4-19-17(14-7-5-12(2)6-8-14)15-9-10-16(18)13(3)11-15/h5-11,17,19H,4H2,1-3H3. The van der Waals surface area contributed by atoms with Gasteiger partial charge in [-0.05, 0) is 43.1 Å². The number of hydrogen-bond acceptors (Lipinski definition) is 1. The molecule has 0 aliphatic rings. The zero-order chi connectivity index (χ0) is 13.8. The van der Waals surface area contributed by atoms with Crippen molar-refractivity contribution in [3.05, 3.63) is 69.2 Å². The fourth-order valence-corrected chi connectivity index (χ4v) is 2.49. The molecule has 19 heavy (non-hydrogen) atoms. The van der Waals surface area contributed by atoms with Crippen molar-refractivity contribution in [1.29, 1.82) is 0 Å². The normalized spacial score (nSPS) is 12.4. The first-order valence-corrected chi connectivity index (χ1v) is 7.47. The Hall–Kier alpha value is -1.12. The average molecular weight is 318 g/mol. The molecule has 0 aliphatic carbocycles. The van der Waals surface area contributed by atoms with E-state index in [1.807, 2.05) is 0 Å². The van der Waals surface area contributed by atoms with Gasteiger partial charge in [-0.15, -0.1) is 0 Å². The highest BCUT2D eigenvalue weighted by molar-refractivity contribution is 9.10. The Morgan fingerprint density at radius 3 is 2.21 bits per heavy atom. The third-order valence-corrected chi connectivity index (χ3v) is 4.22. The highest BCUT2D eigenvalue weighted by Gasteiger charge is 2.13. The van der Waals surface area contributed by atoms with Gasteiger partial charge in [0.2, 0.25) is 0 Å². The van der Waals surface area contributed by atoms with Crippen LogP contribution in [0.3, 0.4) is 0 Å². The Balaban J connectivity index is 2.38. The van der Waals surface area contributed by atoms with Crippen molar-refractivity contribution >= 4 is 15.9 Å². The van der Waals surface area contributed by atoms with E-state index in [-0.39, 0.29) is 6.04 Å². The summed E-state index contributed by atoms with van der Waals surface area (Å²) in [5, 5.41) is 3.57. The van der Waals surface area contributed by atoms with E-state index in [0.717, 1.165) is 11.0 Å². The third kappa shape index (κ3) is 3.46. The number of halogens is 1. The van der Waals surface area contributed by atoms with Crippen LogP contribution >= 0.6 is 15.9 Å². The maximum atomic E-state index is 3.57. The van der Waals surface area contributed by atoms with Crippen molar-refractivity contribution in [2.75, 3.05) is 6.54 Å². The van der Waals surface area contributed by atoms with Gasteiger partial charge in [-0.1, -0.05) is 64.8 Å². The van der Waals surface area contributed by atoms with Gasteiger partial charge < -0.3 is 5.32 Å². The summed E-state index contributed by atoms with van der Waals surface area (Å²) in [5.41, 5.74) is 5.19. The number of nitrogens with one attached hydrogen (secondary N) is 1. The Bertz CT molecular complexity index is 546. The molecule has 0 saturated heterocycles. The fraction of sp³-hybridized carbons (Fsp3) is 0.294. The molecule has 0 saturated carbocycles. The summed E-state index contributed by atoms with van der Waals surface area (Å²) in [6.07, 6.45) is 0. The second-order valence-electron chi connectivity index (χ2n) is 4.91. The lowest BCUT2D eigenvalue weighted by molar-refractivity contribution is 0.630. The van der Waals surface area contributed by atoms with Crippen molar-refractivity contribution in [3.8, 4) is 0 Å². The van der Waals surface area contributed by atoms with E-state index in [4.69, 9.17) is 0 Å². The molecule has 0 radical (unpaired) electrons. The van der Waals surface area contributed by atoms with Crippen LogP contribution in [0.5, 0.6) is 0 Å². The van der Waals surface area contributed by atoms with Crippen LogP contribution in [0.15, 0.2) is 46.9 Å². The van der Waals surface area contributed by atoms with Crippen molar-refractivity contribution in [1.82, 2.24) is 5.32 Å². The minimum Gasteiger partial charge on any atom is -0.307 e. The zero-order valence-electron chi connectivity index (χ0n) is 11.7. The van der Waals surface area contributed by atoms with E-state index in [1.165, 1.54) is 22.3 Å². The van der Waals surface area contributed by atoms with Crippen LogP contribution < -0.4 is 5.32 Å². The van der Waals surface area contributed by atoms with Crippen LogP contribution in [0.2, 0.25) is 0 Å². The Kier molecular flexibility index (Phi) is 4.78. The SMILES string of the molecule is CCNC(c1ccc(C)cc1)c1ccc(Br)c(C)c1. The first kappa shape index (κ1) is 14.3. The molecule has 1 atom stereocenters. The van der Waals surface area contributed by atoms with Gasteiger partial charge in [0.15, 0.2) is 0 Å². The molecule has 0 bridgehead atoms. The largest absolute Gasteiger partial charge is 0.307 e. The monoisotopic (exact) mass is 317 g/mol. The molecule has 2 rings (SSSR count). The number of aryl methyl sites for hydroxylation is 2. The van der Waals surface area contributed by atoms with Gasteiger partial charge in [0.25, 0.3) is 0 Å². The molecule has 0 fully saturated rings. The van der Waals surface area contributed by atoms with Crippen molar-refractivity contribution in [2.45, 2.75) is 26.8 Å². The Labute approximate surface area is 124 Å². The summed E-state index contributed by atoms with van der Waals surface area (Å²) in [6.45, 7) is 7.35. The van der Waals surface area contributed by atoms with Crippen molar-refractivity contribution in [3.63, 3.8) is 0 Å². The van der Waals surface area contributed by atoms with Crippen LogP contribution in [0, 0.1) is 13.8 Å². The summed E-state index contributed by atoms with van der Waals surface area (Å²) in [7, 11) is 0. The maximum absolute atomic E-state index is 3.57. The quantitative estimate of drug-likeness (QED) is 0.856. The number of hydrogen-bond donors (Lipinski definition) is 1. The molecule has 1 N–H and O–H groups in total. The topological polar surface area (TPSA) is 12.0 Å². The summed E-state index contributed by atoms with van der Waals surface area (Å²) in [4.78, 5) is 0. The molecule has 0 heterocycles. The van der Waals surface area contributed by atoms with E-state index in [0.29, 0.717) is 0 Å². The zero-order valence-corrected chi connectivity index (χ0v) is 13.3. The van der Waals surface area contributed by atoms with Gasteiger partial charge in [0.1, 0.15) is 0 Å². The van der Waals surface area contributed by atoms with E-state index >= 15 is 0 Å². The van der Waals surface area contributed by atoms with Gasteiger partial charge in [0.05, 0.1) is 6.04 Å². The van der Waals surface area contributed by atoms with E-state index in [2.05, 4.69) is 84.5 Å². The minimum atomic E-state index is 0.261. The molecule has 1 nitrogen and oxygen atoms in total. The van der Waals surface area contributed by atoms with Crippen molar-refractivity contribution in [2.24, 2.45) is 0 Å². The third-order valence-electron chi connectivity index (χ3n) is 3.33. The van der Waals surface area contributed by atoms with Crippen molar-refractivity contribution < 1.29 is 0 Å². The van der Waals surface area contributed by atoms with E-state index in [1.54, 1.807) is 0 Å². The molecule has 1 unspecified atom stereocenters. The van der Waals surface area contributed by atoms with Crippen LogP contribution in [0.4, 0.5) is 0 Å². The number of benzene rings is 2. The summed E-state index contributed by atoms with van der Waals surface area (Å²) in [5.74, 6) is 0. The number of rotatable bonds is 4. The van der Waals surface area contributed by atoms with Crippen LogP contribution in [0.25, 0.3) is 0 Å². The van der Waals surface area contributed by atoms with Crippen LogP contribution in [-0.2, 0) is 0 Å². The molecule has 0 spiro atoms. The predicted molar refractivity (Wildman–Crippen MR) is 85.6 cm³/mol. The first-order chi connectivity index (χ1) is 9.11. The predicted octanol–water partition coefficient (Wildman–Crippen LogP) is 4.76. The molecule has 100 valence electrons. The average Bonchev–Trinajstić information content (AvgIpc) is 2.41. The maximum Gasteiger partial charge on any atom is 0.0576 e. The molecule has 0 aliphatic heterocycles. The second kappa shape index (κ2) is 6.36. The van der Waals surface area contributed by atoms with Crippen LogP contribution in [-0.4, -0.2) is 6.54 Å². The second-order valence-corrected chi connectivity index (χ2v) is 5.76. The highest BCUT2D eigenvalue weighted by Crippen LogP contribution is 2.26. The summed E-state index contributed by atoms with van der Waals surface area (Å²) < 4.78 is 1.16. The molecular formula is C17H20BrN. The summed E-state index contributed by atoms with van der Waals surface area (Å²) >= 11 is 3.56. The Morgan fingerprint density at radius 2 is 1.63 bits per heavy atom. The lowest BCUT2D eigenvalue weighted by atomic mass is 9.96. The lowest BCUT2D eigenvalue weighted by Gasteiger charge is -2.20. The van der Waals surface area contributed by atoms with Gasteiger partial charge in [-0.2, -0.15) is 0 Å². The molecule has 2 heteroatoms. The fourth-order valence-electron chi connectivity index (χ4n) is 2.24. The lowest BCUT2D eigenvalue weighted by Crippen LogP contribution is -2.22. The highest BCUT2D eigenvalue weighted by atomic mass is 79.9. The molecule has 0 amide bonds. The Morgan fingerprint density at radius 1 is 1.00 bits per heavy atom. The smallest absolute Gasteiger partial charge is 0.0576 e. The first-order valence-electron chi connectivity index (χ1n) is 6.68. The molecule has 0 aromatic heterocycles. The van der Waals surface area contributed by atoms with Gasteiger partial charge >= 0.3 is 0 Å². The van der Waals surface area contributed by atoms with Crippen LogP contribution in [0.1, 0.15) is 35.2 Å². The molecule has 2 aromatic rings. The van der Waals surface area contributed by atoms with E-state index in [9.17, 15) is 0 Å². The van der Waals surface area contributed by atoms with E-state index < -0.39 is 0 Å². The molecule has 2 aromatic carbocycles. The van der Waals surface area contributed by atoms with Gasteiger partial charge in [0, 0.05) is 4.47 Å². The summed E-state index contributed by atoms with van der Waals surface area (Å²) in [6, 6.07) is 15.6. The molecular weight excluding hydrogens is 298 g/mol. The van der Waals surface area contributed by atoms with Gasteiger partial charge in [-0.25, -0.2) is 0 Å². The van der Waals surface area contributed by atoms with Gasteiger partial charge in [-0.3, -0.25) is 0 Å². The minimum absolute atomic E-state index is 0.261.